The zero-order chi connectivity index (χ0) is 10.0. The van der Waals surface area contributed by atoms with Gasteiger partial charge in [0.1, 0.15) is 0 Å². The molecule has 1 aliphatic carbocycles. The number of hydrogen-bond donors (Lipinski definition) is 0. The fourth-order valence-electron chi connectivity index (χ4n) is 3.31. The Hall–Kier alpha value is 0.250. The summed E-state index contributed by atoms with van der Waals surface area (Å²) in [5.74, 6) is 2.66. The van der Waals surface area contributed by atoms with Crippen LogP contribution in [0, 0.1) is 17.3 Å². The van der Waals surface area contributed by atoms with Gasteiger partial charge in [-0.1, -0.05) is 6.92 Å². The third kappa shape index (κ3) is 2.25. The first-order valence-electron chi connectivity index (χ1n) is 5.88. The van der Waals surface area contributed by atoms with Crippen LogP contribution < -0.4 is 0 Å². The first-order valence-corrected chi connectivity index (χ1v) is 6.41. The predicted octanol–water partition coefficient (Wildman–Crippen LogP) is 3.46. The van der Waals surface area contributed by atoms with Crippen molar-refractivity contribution < 1.29 is 4.74 Å². The maximum absolute atomic E-state index is 6.11. The Morgan fingerprint density at radius 3 is 2.43 bits per heavy atom. The lowest BCUT2D eigenvalue weighted by atomic mass is 9.59. The van der Waals surface area contributed by atoms with Gasteiger partial charge in [0.15, 0.2) is 0 Å². The van der Waals surface area contributed by atoms with Crippen molar-refractivity contribution in [2.75, 3.05) is 19.1 Å². The summed E-state index contributed by atoms with van der Waals surface area (Å²) in [7, 11) is 0. The Kier molecular flexibility index (Phi) is 3.38. The van der Waals surface area contributed by atoms with Crippen LogP contribution in [0.2, 0.25) is 0 Å². The molecule has 1 saturated heterocycles. The number of hydrogen-bond acceptors (Lipinski definition) is 1. The van der Waals surface area contributed by atoms with Crippen LogP contribution in [0.15, 0.2) is 0 Å². The van der Waals surface area contributed by atoms with Gasteiger partial charge in [-0.15, -0.1) is 11.6 Å². The van der Waals surface area contributed by atoms with Gasteiger partial charge in [0, 0.05) is 19.1 Å². The fourth-order valence-corrected chi connectivity index (χ4v) is 3.64. The van der Waals surface area contributed by atoms with E-state index in [0.717, 1.165) is 30.9 Å². The van der Waals surface area contributed by atoms with Gasteiger partial charge in [-0.3, -0.25) is 0 Å². The molecule has 2 aliphatic rings. The van der Waals surface area contributed by atoms with Gasteiger partial charge in [-0.05, 0) is 49.4 Å². The Bertz CT molecular complexity index is 181. The molecule has 0 aromatic carbocycles. The number of halogens is 1. The average Bonchev–Trinajstić information content (AvgIpc) is 2.16. The molecule has 0 radical (unpaired) electrons. The van der Waals surface area contributed by atoms with E-state index in [4.69, 9.17) is 16.3 Å². The molecule has 14 heavy (non-hydrogen) atoms. The van der Waals surface area contributed by atoms with Crippen LogP contribution in [0.5, 0.6) is 0 Å². The smallest absolute Gasteiger partial charge is 0.0468 e. The van der Waals surface area contributed by atoms with Crippen molar-refractivity contribution >= 4 is 11.6 Å². The maximum atomic E-state index is 6.11. The van der Waals surface area contributed by atoms with Crippen molar-refractivity contribution in [1.82, 2.24) is 0 Å². The van der Waals surface area contributed by atoms with Crippen molar-refractivity contribution in [2.45, 2.75) is 39.0 Å². The normalized spacial score (nSPS) is 39.4. The molecule has 0 N–H and O–H groups in total. The standard InChI is InChI=1S/C12H21ClO/c1-10-6-12(7-10,9-13)8-11-2-4-14-5-3-11/h10-11H,2-9H2,1H3. The summed E-state index contributed by atoms with van der Waals surface area (Å²) in [4.78, 5) is 0. The highest BCUT2D eigenvalue weighted by atomic mass is 35.5. The van der Waals surface area contributed by atoms with Gasteiger partial charge in [-0.2, -0.15) is 0 Å². The van der Waals surface area contributed by atoms with Crippen LogP contribution in [0.4, 0.5) is 0 Å². The maximum Gasteiger partial charge on any atom is 0.0468 e. The SMILES string of the molecule is CC1CC(CCl)(CC2CCOCC2)C1. The van der Waals surface area contributed by atoms with Crippen LogP contribution >= 0.6 is 11.6 Å². The molecule has 1 saturated carbocycles. The second kappa shape index (κ2) is 4.40. The molecule has 1 nitrogen and oxygen atoms in total. The summed E-state index contributed by atoms with van der Waals surface area (Å²) in [5.41, 5.74) is 0.503. The van der Waals surface area contributed by atoms with Gasteiger partial charge >= 0.3 is 0 Å². The van der Waals surface area contributed by atoms with Crippen molar-refractivity contribution in [3.8, 4) is 0 Å². The second-order valence-corrected chi connectivity index (χ2v) is 5.67. The van der Waals surface area contributed by atoms with E-state index in [-0.39, 0.29) is 0 Å². The van der Waals surface area contributed by atoms with Crippen molar-refractivity contribution in [1.29, 1.82) is 0 Å². The van der Waals surface area contributed by atoms with Crippen LogP contribution in [0.1, 0.15) is 39.0 Å². The van der Waals surface area contributed by atoms with E-state index in [1.807, 2.05) is 0 Å². The van der Waals surface area contributed by atoms with Gasteiger partial charge in [0.25, 0.3) is 0 Å². The van der Waals surface area contributed by atoms with Crippen molar-refractivity contribution in [3.63, 3.8) is 0 Å². The highest BCUT2D eigenvalue weighted by Crippen LogP contribution is 2.51. The predicted molar refractivity (Wildman–Crippen MR) is 59.7 cm³/mol. The van der Waals surface area contributed by atoms with Gasteiger partial charge < -0.3 is 4.74 Å². The summed E-state index contributed by atoms with van der Waals surface area (Å²) in [5, 5.41) is 0. The molecule has 2 rings (SSSR count). The molecule has 0 aromatic rings. The molecule has 0 aromatic heterocycles. The average molecular weight is 217 g/mol. The summed E-state index contributed by atoms with van der Waals surface area (Å²) in [6, 6.07) is 0. The lowest BCUT2D eigenvalue weighted by Gasteiger charge is -2.47. The first kappa shape index (κ1) is 10.8. The summed E-state index contributed by atoms with van der Waals surface area (Å²) in [6.07, 6.45) is 6.58. The highest BCUT2D eigenvalue weighted by molar-refractivity contribution is 6.18. The summed E-state index contributed by atoms with van der Waals surface area (Å²) < 4.78 is 5.39. The number of alkyl halides is 1. The molecule has 2 heteroatoms. The van der Waals surface area contributed by atoms with Gasteiger partial charge in [0.05, 0.1) is 0 Å². The Labute approximate surface area is 92.2 Å². The first-order chi connectivity index (χ1) is 6.74. The lowest BCUT2D eigenvalue weighted by molar-refractivity contribution is 0.0132. The van der Waals surface area contributed by atoms with Crippen LogP contribution in [-0.2, 0) is 4.74 Å². The molecule has 0 unspecified atom stereocenters. The molecule has 0 bridgehead atoms. The van der Waals surface area contributed by atoms with Crippen molar-refractivity contribution in [2.24, 2.45) is 17.3 Å². The van der Waals surface area contributed by atoms with Crippen LogP contribution in [0.25, 0.3) is 0 Å². The highest BCUT2D eigenvalue weighted by Gasteiger charge is 2.42. The second-order valence-electron chi connectivity index (χ2n) is 5.41. The molecule has 0 spiro atoms. The quantitative estimate of drug-likeness (QED) is 0.657. The third-order valence-electron chi connectivity index (χ3n) is 3.91. The zero-order valence-electron chi connectivity index (χ0n) is 9.10. The van der Waals surface area contributed by atoms with E-state index in [1.54, 1.807) is 0 Å². The Balaban J connectivity index is 1.82. The minimum Gasteiger partial charge on any atom is -0.381 e. The molecule has 82 valence electrons. The Morgan fingerprint density at radius 2 is 1.93 bits per heavy atom. The van der Waals surface area contributed by atoms with E-state index in [2.05, 4.69) is 6.92 Å². The lowest BCUT2D eigenvalue weighted by Crippen LogP contribution is -2.40. The molecule has 2 fully saturated rings. The van der Waals surface area contributed by atoms with Crippen LogP contribution in [-0.4, -0.2) is 19.1 Å². The molecule has 0 amide bonds. The number of rotatable bonds is 3. The van der Waals surface area contributed by atoms with E-state index in [9.17, 15) is 0 Å². The largest absolute Gasteiger partial charge is 0.381 e. The molecule has 1 heterocycles. The minimum atomic E-state index is 0.503. The third-order valence-corrected chi connectivity index (χ3v) is 4.48. The van der Waals surface area contributed by atoms with E-state index < -0.39 is 0 Å². The Morgan fingerprint density at radius 1 is 1.29 bits per heavy atom. The molecule has 0 atom stereocenters. The molecular formula is C12H21ClO. The summed E-state index contributed by atoms with van der Waals surface area (Å²) in [6.45, 7) is 4.28. The van der Waals surface area contributed by atoms with Gasteiger partial charge in [-0.25, -0.2) is 0 Å². The van der Waals surface area contributed by atoms with Crippen LogP contribution in [0.3, 0.4) is 0 Å². The van der Waals surface area contributed by atoms with Crippen molar-refractivity contribution in [3.05, 3.63) is 0 Å². The number of ether oxygens (including phenoxy) is 1. The molecule has 1 aliphatic heterocycles. The monoisotopic (exact) mass is 216 g/mol. The molecular weight excluding hydrogens is 196 g/mol. The van der Waals surface area contributed by atoms with E-state index in [1.165, 1.54) is 32.1 Å². The topological polar surface area (TPSA) is 9.23 Å². The summed E-state index contributed by atoms with van der Waals surface area (Å²) >= 11 is 6.11. The minimum absolute atomic E-state index is 0.503. The zero-order valence-corrected chi connectivity index (χ0v) is 9.85. The fraction of sp³-hybridized carbons (Fsp3) is 1.00. The van der Waals surface area contributed by atoms with E-state index in [0.29, 0.717) is 5.41 Å². The van der Waals surface area contributed by atoms with Gasteiger partial charge in [0.2, 0.25) is 0 Å². The van der Waals surface area contributed by atoms with E-state index >= 15 is 0 Å².